The Morgan fingerprint density at radius 1 is 1.00 bits per heavy atom. The van der Waals surface area contributed by atoms with Gasteiger partial charge in [0.05, 0.1) is 34.2 Å². The highest BCUT2D eigenvalue weighted by atomic mass is 32.2. The number of furan rings is 1. The van der Waals surface area contributed by atoms with Crippen LogP contribution in [0.2, 0.25) is 0 Å². The van der Waals surface area contributed by atoms with Crippen molar-refractivity contribution in [2.75, 3.05) is 35.8 Å². The fourth-order valence-electron chi connectivity index (χ4n) is 4.17. The highest BCUT2D eigenvalue weighted by Crippen LogP contribution is 2.34. The van der Waals surface area contributed by atoms with Crippen LogP contribution in [0, 0.1) is 11.3 Å². The molecule has 2 heterocycles. The van der Waals surface area contributed by atoms with Crippen LogP contribution in [0.5, 0.6) is 0 Å². The molecule has 33 heavy (non-hydrogen) atoms. The summed E-state index contributed by atoms with van der Waals surface area (Å²) >= 11 is 0. The minimum Gasteiger partial charge on any atom is -0.462 e. The zero-order valence-corrected chi connectivity index (χ0v) is 18.6. The van der Waals surface area contributed by atoms with Crippen molar-refractivity contribution in [1.82, 2.24) is 5.32 Å². The first-order valence-electron chi connectivity index (χ1n) is 10.6. The van der Waals surface area contributed by atoms with Gasteiger partial charge in [0, 0.05) is 37.1 Å². The summed E-state index contributed by atoms with van der Waals surface area (Å²) in [4.78, 5) is 2.35. The van der Waals surface area contributed by atoms with E-state index in [4.69, 9.17) is 4.42 Å². The minimum atomic E-state index is -3.91. The van der Waals surface area contributed by atoms with Crippen molar-refractivity contribution in [2.24, 2.45) is 0 Å². The molecule has 0 radical (unpaired) electrons. The van der Waals surface area contributed by atoms with E-state index in [2.05, 4.69) is 21.0 Å². The van der Waals surface area contributed by atoms with Gasteiger partial charge in [0.2, 0.25) is 0 Å². The maximum absolute atomic E-state index is 13.5. The van der Waals surface area contributed by atoms with Gasteiger partial charge in [0.1, 0.15) is 0 Å². The molecular weight excluding hydrogens is 436 g/mol. The Hall–Kier alpha value is -3.80. The van der Waals surface area contributed by atoms with E-state index >= 15 is 0 Å². The number of nitriles is 1. The number of benzene rings is 3. The smallest absolute Gasteiger partial charge is 0.262 e. The van der Waals surface area contributed by atoms with E-state index in [1.165, 1.54) is 0 Å². The zero-order chi connectivity index (χ0) is 22.8. The molecule has 0 saturated carbocycles. The normalized spacial score (nSPS) is 14.2. The number of hydrogen-bond acceptors (Lipinski definition) is 6. The maximum Gasteiger partial charge on any atom is 0.262 e. The Bertz CT molecular complexity index is 1460. The fraction of sp³-hybridized carbons (Fsp3) is 0.160. The first-order valence-corrected chi connectivity index (χ1v) is 12.1. The molecule has 1 fully saturated rings. The number of fused-ring (bicyclic) bond motifs is 1. The summed E-state index contributed by atoms with van der Waals surface area (Å²) in [5, 5.41) is 13.4. The van der Waals surface area contributed by atoms with Crippen molar-refractivity contribution >= 4 is 32.4 Å². The lowest BCUT2D eigenvalue weighted by molar-refractivity contribution is 0.579. The topological polar surface area (TPSA) is 98.4 Å². The van der Waals surface area contributed by atoms with Gasteiger partial charge in [-0.25, -0.2) is 8.42 Å². The third kappa shape index (κ3) is 4.16. The molecule has 3 aromatic carbocycles. The van der Waals surface area contributed by atoms with E-state index in [0.29, 0.717) is 22.4 Å². The van der Waals surface area contributed by atoms with Gasteiger partial charge in [-0.05, 0) is 42.0 Å². The van der Waals surface area contributed by atoms with Gasteiger partial charge in [-0.3, -0.25) is 4.72 Å². The van der Waals surface area contributed by atoms with Gasteiger partial charge < -0.3 is 14.6 Å². The molecule has 1 aromatic heterocycles. The van der Waals surface area contributed by atoms with E-state index in [1.807, 2.05) is 12.1 Å². The SMILES string of the molecule is N#Cc1cccc(-c2ccccc2S(=O)(=O)Nc2cc(N3CCNCC3)c3occc3c2)c1. The van der Waals surface area contributed by atoms with Crippen LogP contribution in [0.15, 0.2) is 82.3 Å². The number of nitrogens with one attached hydrogen (secondary N) is 2. The maximum atomic E-state index is 13.5. The largest absolute Gasteiger partial charge is 0.462 e. The molecule has 1 aliphatic rings. The van der Waals surface area contributed by atoms with Crippen LogP contribution in [0.4, 0.5) is 11.4 Å². The van der Waals surface area contributed by atoms with E-state index in [-0.39, 0.29) is 4.90 Å². The molecule has 0 bridgehead atoms. The Balaban J connectivity index is 1.55. The molecule has 0 unspecified atom stereocenters. The number of piperazine rings is 1. The molecular formula is C25H22N4O3S. The molecule has 2 N–H and O–H groups in total. The minimum absolute atomic E-state index is 0.149. The highest BCUT2D eigenvalue weighted by Gasteiger charge is 2.22. The second kappa shape index (κ2) is 8.62. The molecule has 7 nitrogen and oxygen atoms in total. The lowest BCUT2D eigenvalue weighted by Crippen LogP contribution is -2.43. The molecule has 0 aliphatic carbocycles. The monoisotopic (exact) mass is 458 g/mol. The average Bonchev–Trinajstić information content (AvgIpc) is 3.32. The Morgan fingerprint density at radius 3 is 2.64 bits per heavy atom. The first kappa shape index (κ1) is 21.1. The van der Waals surface area contributed by atoms with Gasteiger partial charge in [-0.15, -0.1) is 0 Å². The number of rotatable bonds is 5. The van der Waals surface area contributed by atoms with Gasteiger partial charge in [0.25, 0.3) is 10.0 Å². The van der Waals surface area contributed by atoms with Crippen LogP contribution in [-0.2, 0) is 10.0 Å². The van der Waals surface area contributed by atoms with E-state index in [1.54, 1.807) is 60.9 Å². The summed E-state index contributed by atoms with van der Waals surface area (Å²) < 4.78 is 35.4. The molecule has 4 aromatic rings. The molecule has 0 atom stereocenters. The molecule has 1 aliphatic heterocycles. The third-order valence-corrected chi connectivity index (χ3v) is 7.16. The number of anilines is 2. The predicted molar refractivity (Wildman–Crippen MR) is 129 cm³/mol. The van der Waals surface area contributed by atoms with Crippen LogP contribution >= 0.6 is 0 Å². The van der Waals surface area contributed by atoms with Gasteiger partial charge in [-0.2, -0.15) is 5.26 Å². The molecule has 5 rings (SSSR count). The van der Waals surface area contributed by atoms with Crippen molar-refractivity contribution in [2.45, 2.75) is 4.90 Å². The van der Waals surface area contributed by atoms with Gasteiger partial charge >= 0.3 is 0 Å². The van der Waals surface area contributed by atoms with Crippen LogP contribution < -0.4 is 14.9 Å². The molecule has 166 valence electrons. The van der Waals surface area contributed by atoms with Crippen LogP contribution in [0.25, 0.3) is 22.1 Å². The fourth-order valence-corrected chi connectivity index (χ4v) is 5.44. The Kier molecular flexibility index (Phi) is 5.50. The Morgan fingerprint density at radius 2 is 1.82 bits per heavy atom. The van der Waals surface area contributed by atoms with Crippen LogP contribution in [-0.4, -0.2) is 34.6 Å². The summed E-state index contributed by atoms with van der Waals surface area (Å²) in [6, 6.07) is 21.3. The van der Waals surface area contributed by atoms with E-state index in [0.717, 1.165) is 42.8 Å². The lowest BCUT2D eigenvalue weighted by Gasteiger charge is -2.29. The zero-order valence-electron chi connectivity index (χ0n) is 17.8. The van der Waals surface area contributed by atoms with Crippen LogP contribution in [0.1, 0.15) is 5.56 Å². The van der Waals surface area contributed by atoms with Crippen molar-refractivity contribution in [3.8, 4) is 17.2 Å². The van der Waals surface area contributed by atoms with Crippen molar-refractivity contribution in [3.05, 3.63) is 78.6 Å². The van der Waals surface area contributed by atoms with Gasteiger partial charge in [-0.1, -0.05) is 30.3 Å². The predicted octanol–water partition coefficient (Wildman–Crippen LogP) is 4.18. The van der Waals surface area contributed by atoms with E-state index < -0.39 is 10.0 Å². The van der Waals surface area contributed by atoms with Crippen molar-refractivity contribution < 1.29 is 12.8 Å². The third-order valence-electron chi connectivity index (χ3n) is 5.72. The van der Waals surface area contributed by atoms with Crippen LogP contribution in [0.3, 0.4) is 0 Å². The summed E-state index contributed by atoms with van der Waals surface area (Å²) in [5.74, 6) is 0. The second-order valence-corrected chi connectivity index (χ2v) is 9.52. The summed E-state index contributed by atoms with van der Waals surface area (Å²) in [6.07, 6.45) is 1.62. The molecule has 1 saturated heterocycles. The lowest BCUT2D eigenvalue weighted by atomic mass is 10.0. The van der Waals surface area contributed by atoms with E-state index in [9.17, 15) is 13.7 Å². The number of hydrogen-bond donors (Lipinski definition) is 2. The second-order valence-electron chi connectivity index (χ2n) is 7.87. The highest BCUT2D eigenvalue weighted by molar-refractivity contribution is 7.92. The average molecular weight is 459 g/mol. The summed E-state index contributed by atoms with van der Waals surface area (Å²) in [5.41, 5.74) is 3.76. The molecule has 0 spiro atoms. The first-order chi connectivity index (χ1) is 16.0. The Labute approximate surface area is 192 Å². The number of sulfonamides is 1. The summed E-state index contributed by atoms with van der Waals surface area (Å²) in [7, 11) is -3.91. The molecule has 8 heteroatoms. The summed E-state index contributed by atoms with van der Waals surface area (Å²) in [6.45, 7) is 3.33. The van der Waals surface area contributed by atoms with Gasteiger partial charge in [0.15, 0.2) is 5.58 Å². The standard InChI is InChI=1S/C25H22N4O3S/c26-17-18-4-3-5-19(14-18)22-6-1-2-7-24(22)33(30,31)28-21-15-20-8-13-32-25(20)23(16-21)29-11-9-27-10-12-29/h1-8,13-16,27-28H,9-12H2. The van der Waals surface area contributed by atoms with Crippen molar-refractivity contribution in [1.29, 1.82) is 5.26 Å². The van der Waals surface area contributed by atoms with Crippen molar-refractivity contribution in [3.63, 3.8) is 0 Å². The quantitative estimate of drug-likeness (QED) is 0.466. The molecule has 0 amide bonds. The number of nitrogens with zero attached hydrogens (tertiary/aromatic N) is 2.